The average molecular weight is 195 g/mol. The average Bonchev–Trinajstić information content (AvgIpc) is 2.08. The van der Waals surface area contributed by atoms with Crippen LogP contribution in [0.2, 0.25) is 5.02 Å². The Hall–Kier alpha value is -1.28. The van der Waals surface area contributed by atoms with Crippen LogP contribution in [0.1, 0.15) is 5.56 Å². The van der Waals surface area contributed by atoms with Crippen molar-refractivity contribution < 1.29 is 4.79 Å². The van der Waals surface area contributed by atoms with Crippen LogP contribution in [0.15, 0.2) is 30.3 Å². The Balaban J connectivity index is 2.59. The van der Waals surface area contributed by atoms with Crippen molar-refractivity contribution in [2.45, 2.75) is 0 Å². The van der Waals surface area contributed by atoms with Gasteiger partial charge in [-0.2, -0.15) is 0 Å². The van der Waals surface area contributed by atoms with Gasteiger partial charge in [0, 0.05) is 5.02 Å². The van der Waals surface area contributed by atoms with Gasteiger partial charge in [-0.3, -0.25) is 4.79 Å². The van der Waals surface area contributed by atoms with Crippen LogP contribution in [-0.2, 0) is 4.79 Å². The van der Waals surface area contributed by atoms with E-state index in [0.29, 0.717) is 5.02 Å². The van der Waals surface area contributed by atoms with E-state index in [-0.39, 0.29) is 0 Å². The topological polar surface area (TPSA) is 43.1 Å². The largest absolute Gasteiger partial charge is 0.369 e. The molecule has 0 unspecified atom stereocenters. The van der Waals surface area contributed by atoms with Gasteiger partial charge in [-0.05, 0) is 17.7 Å². The number of nitrogens with two attached hydrogens (primary N) is 1. The van der Waals surface area contributed by atoms with Crippen LogP contribution in [0, 0.1) is 6.42 Å². The van der Waals surface area contributed by atoms with Gasteiger partial charge >= 0.3 is 0 Å². The van der Waals surface area contributed by atoms with Crippen LogP contribution < -0.4 is 5.73 Å². The molecule has 2 nitrogen and oxygen atoms in total. The van der Waals surface area contributed by atoms with Gasteiger partial charge in [-0.15, -0.1) is 0 Å². The molecule has 1 amide bonds. The first kappa shape index (κ1) is 9.81. The number of rotatable bonds is 3. The highest BCUT2D eigenvalue weighted by Crippen LogP contribution is 2.10. The smallest absolute Gasteiger partial charge is 0.225 e. The third kappa shape index (κ3) is 3.76. The molecule has 2 N–H and O–H groups in total. The summed E-state index contributed by atoms with van der Waals surface area (Å²) < 4.78 is 0. The van der Waals surface area contributed by atoms with E-state index in [1.54, 1.807) is 24.3 Å². The number of hydrogen-bond donors (Lipinski definition) is 1. The first-order valence-corrected chi connectivity index (χ1v) is 4.13. The Bertz CT molecular complexity index is 316. The highest BCUT2D eigenvalue weighted by molar-refractivity contribution is 6.30. The van der Waals surface area contributed by atoms with E-state index < -0.39 is 5.91 Å². The lowest BCUT2D eigenvalue weighted by molar-refractivity contribution is -0.114. The fraction of sp³-hybridized carbons (Fsp3) is 0. The monoisotopic (exact) mass is 194 g/mol. The molecule has 3 heteroatoms. The van der Waals surface area contributed by atoms with Crippen LogP contribution >= 0.6 is 11.6 Å². The van der Waals surface area contributed by atoms with E-state index in [9.17, 15) is 4.79 Å². The van der Waals surface area contributed by atoms with Crippen molar-refractivity contribution in [2.75, 3.05) is 0 Å². The molecule has 1 radical (unpaired) electrons. The third-order valence-electron chi connectivity index (χ3n) is 1.42. The molecule has 1 rings (SSSR count). The zero-order valence-electron chi connectivity index (χ0n) is 6.91. The van der Waals surface area contributed by atoms with Gasteiger partial charge in [0.2, 0.25) is 5.91 Å². The van der Waals surface area contributed by atoms with Gasteiger partial charge in [0.25, 0.3) is 0 Å². The fourth-order valence-electron chi connectivity index (χ4n) is 0.828. The second kappa shape index (κ2) is 4.67. The van der Waals surface area contributed by atoms with Crippen molar-refractivity contribution in [1.82, 2.24) is 0 Å². The molecule has 0 aliphatic carbocycles. The number of halogens is 1. The Morgan fingerprint density at radius 1 is 1.31 bits per heavy atom. The Morgan fingerprint density at radius 3 is 2.46 bits per heavy atom. The SMILES string of the molecule is NC(=O)[CH]C=Cc1ccc(Cl)cc1. The van der Waals surface area contributed by atoms with Crippen molar-refractivity contribution >= 4 is 23.6 Å². The molecular formula is C10H9ClNO. The molecule has 0 spiro atoms. The Labute approximate surface area is 82.0 Å². The molecule has 0 fully saturated rings. The lowest BCUT2D eigenvalue weighted by Crippen LogP contribution is -2.08. The van der Waals surface area contributed by atoms with Crippen LogP contribution in [0.3, 0.4) is 0 Å². The normalized spacial score (nSPS) is 10.5. The van der Waals surface area contributed by atoms with Gasteiger partial charge in [0.15, 0.2) is 0 Å². The minimum absolute atomic E-state index is 0.454. The summed E-state index contributed by atoms with van der Waals surface area (Å²) >= 11 is 5.69. The van der Waals surface area contributed by atoms with Crippen molar-refractivity contribution in [3.8, 4) is 0 Å². The van der Waals surface area contributed by atoms with Crippen molar-refractivity contribution in [3.63, 3.8) is 0 Å². The van der Waals surface area contributed by atoms with E-state index in [1.165, 1.54) is 6.42 Å². The van der Waals surface area contributed by atoms with Crippen molar-refractivity contribution in [3.05, 3.63) is 47.3 Å². The Morgan fingerprint density at radius 2 is 1.92 bits per heavy atom. The molecule has 0 saturated carbocycles. The molecule has 0 bridgehead atoms. The maximum atomic E-state index is 10.3. The number of primary amides is 1. The summed E-state index contributed by atoms with van der Waals surface area (Å²) in [5, 5.41) is 0.691. The number of benzene rings is 1. The number of carbonyl (C=O) groups excluding carboxylic acids is 1. The van der Waals surface area contributed by atoms with Crippen molar-refractivity contribution in [2.24, 2.45) is 5.73 Å². The van der Waals surface area contributed by atoms with E-state index in [2.05, 4.69) is 0 Å². The van der Waals surface area contributed by atoms with E-state index in [1.807, 2.05) is 12.1 Å². The van der Waals surface area contributed by atoms with Crippen LogP contribution in [-0.4, -0.2) is 5.91 Å². The molecule has 0 atom stereocenters. The molecule has 1 aromatic rings. The van der Waals surface area contributed by atoms with Gasteiger partial charge in [0.1, 0.15) is 0 Å². The standard InChI is InChI=1S/C10H9ClNO/c11-9-6-4-8(5-7-9)2-1-3-10(12)13/h1-7H,(H2,12,13). The minimum Gasteiger partial charge on any atom is -0.369 e. The highest BCUT2D eigenvalue weighted by atomic mass is 35.5. The lowest BCUT2D eigenvalue weighted by atomic mass is 10.2. The van der Waals surface area contributed by atoms with Gasteiger partial charge in [-0.25, -0.2) is 0 Å². The minimum atomic E-state index is -0.454. The Kier molecular flexibility index (Phi) is 3.53. The lowest BCUT2D eigenvalue weighted by Gasteiger charge is -1.92. The van der Waals surface area contributed by atoms with Gasteiger partial charge in [0.05, 0.1) is 6.42 Å². The second-order valence-electron chi connectivity index (χ2n) is 2.48. The van der Waals surface area contributed by atoms with Gasteiger partial charge < -0.3 is 5.73 Å². The van der Waals surface area contributed by atoms with Crippen LogP contribution in [0.25, 0.3) is 6.08 Å². The predicted molar refractivity (Wildman–Crippen MR) is 54.0 cm³/mol. The van der Waals surface area contributed by atoms with E-state index >= 15 is 0 Å². The molecule has 13 heavy (non-hydrogen) atoms. The van der Waals surface area contributed by atoms with E-state index in [4.69, 9.17) is 17.3 Å². The summed E-state index contributed by atoms with van der Waals surface area (Å²) in [4.78, 5) is 10.3. The summed E-state index contributed by atoms with van der Waals surface area (Å²) in [7, 11) is 0. The quantitative estimate of drug-likeness (QED) is 0.786. The number of amides is 1. The molecule has 0 aromatic heterocycles. The number of carbonyl (C=O) groups is 1. The first-order chi connectivity index (χ1) is 6.18. The predicted octanol–water partition coefficient (Wildman–Crippen LogP) is 2.04. The summed E-state index contributed by atoms with van der Waals surface area (Å²) in [6.07, 6.45) is 4.68. The highest BCUT2D eigenvalue weighted by Gasteiger charge is 1.89. The maximum absolute atomic E-state index is 10.3. The van der Waals surface area contributed by atoms with Gasteiger partial charge in [-0.1, -0.05) is 35.9 Å². The number of hydrogen-bond acceptors (Lipinski definition) is 1. The molecule has 0 aliphatic heterocycles. The van der Waals surface area contributed by atoms with E-state index in [0.717, 1.165) is 5.56 Å². The second-order valence-corrected chi connectivity index (χ2v) is 2.92. The zero-order valence-corrected chi connectivity index (χ0v) is 7.66. The molecule has 0 aliphatic rings. The van der Waals surface area contributed by atoms with Crippen LogP contribution in [0.4, 0.5) is 0 Å². The molecule has 0 heterocycles. The third-order valence-corrected chi connectivity index (χ3v) is 1.67. The zero-order chi connectivity index (χ0) is 9.68. The molecule has 1 aromatic carbocycles. The summed E-state index contributed by atoms with van der Waals surface area (Å²) in [6.45, 7) is 0. The summed E-state index contributed by atoms with van der Waals surface area (Å²) in [5.41, 5.74) is 5.89. The molecule has 67 valence electrons. The molecule has 0 saturated heterocycles. The van der Waals surface area contributed by atoms with Crippen LogP contribution in [0.5, 0.6) is 0 Å². The molecular weight excluding hydrogens is 186 g/mol. The first-order valence-electron chi connectivity index (χ1n) is 3.75. The van der Waals surface area contributed by atoms with Crippen molar-refractivity contribution in [1.29, 1.82) is 0 Å². The summed E-state index contributed by atoms with van der Waals surface area (Å²) in [6, 6.07) is 7.28. The fourth-order valence-corrected chi connectivity index (χ4v) is 0.954. The maximum Gasteiger partial charge on any atom is 0.225 e. The summed E-state index contributed by atoms with van der Waals surface area (Å²) in [5.74, 6) is -0.454.